The lowest BCUT2D eigenvalue weighted by atomic mass is 10.0. The van der Waals surface area contributed by atoms with Gasteiger partial charge in [0, 0.05) is 32.1 Å². The summed E-state index contributed by atoms with van der Waals surface area (Å²) >= 11 is 0. The zero-order valence-corrected chi connectivity index (χ0v) is 18.2. The number of benzene rings is 1. The second kappa shape index (κ2) is 11.6. The summed E-state index contributed by atoms with van der Waals surface area (Å²) in [6, 6.07) is 8.82. The molecule has 2 unspecified atom stereocenters. The Hall–Kier alpha value is -1.02. The summed E-state index contributed by atoms with van der Waals surface area (Å²) in [4.78, 5) is 6.89. The molecule has 0 radical (unpaired) electrons. The molecule has 1 aliphatic rings. The van der Waals surface area contributed by atoms with Crippen LogP contribution < -0.4 is 15.4 Å². The molecule has 0 spiro atoms. The Morgan fingerprint density at radius 1 is 1.36 bits per heavy atom. The molecule has 0 bridgehead atoms. The number of halogens is 1. The van der Waals surface area contributed by atoms with Crippen LogP contribution in [0.3, 0.4) is 0 Å². The maximum Gasteiger partial charge on any atom is 0.191 e. The zero-order chi connectivity index (χ0) is 17.4. The Labute approximate surface area is 169 Å². The summed E-state index contributed by atoms with van der Waals surface area (Å²) in [6.07, 6.45) is 2.58. The van der Waals surface area contributed by atoms with Gasteiger partial charge in [0.05, 0.1) is 7.11 Å². The Morgan fingerprint density at radius 2 is 2.12 bits per heavy atom. The fraction of sp³-hybridized carbons (Fsp3) is 0.632. The highest BCUT2D eigenvalue weighted by Crippen LogP contribution is 2.25. The Morgan fingerprint density at radius 3 is 2.80 bits per heavy atom. The fourth-order valence-corrected chi connectivity index (χ4v) is 3.41. The van der Waals surface area contributed by atoms with E-state index in [1.54, 1.807) is 7.11 Å². The molecule has 0 aliphatic carbocycles. The SMILES string of the molecule is CCN1CCCC1CNC(=NC)NCC(C)c1ccccc1OC.I. The summed E-state index contributed by atoms with van der Waals surface area (Å²) in [6.45, 7) is 8.57. The Kier molecular flexibility index (Phi) is 10.2. The lowest BCUT2D eigenvalue weighted by molar-refractivity contribution is 0.267. The molecule has 6 heteroatoms. The van der Waals surface area contributed by atoms with Crippen LogP contribution in [-0.4, -0.2) is 57.2 Å². The summed E-state index contributed by atoms with van der Waals surface area (Å²) in [7, 11) is 3.55. The summed E-state index contributed by atoms with van der Waals surface area (Å²) in [5.41, 5.74) is 1.22. The molecule has 1 aliphatic heterocycles. The van der Waals surface area contributed by atoms with Crippen molar-refractivity contribution in [2.75, 3.05) is 40.3 Å². The van der Waals surface area contributed by atoms with Crippen LogP contribution in [0.1, 0.15) is 38.2 Å². The van der Waals surface area contributed by atoms with Crippen LogP contribution in [0.4, 0.5) is 0 Å². The smallest absolute Gasteiger partial charge is 0.191 e. The van der Waals surface area contributed by atoms with E-state index < -0.39 is 0 Å². The third kappa shape index (κ3) is 6.33. The molecule has 1 aromatic rings. The van der Waals surface area contributed by atoms with Crippen LogP contribution in [0.2, 0.25) is 0 Å². The van der Waals surface area contributed by atoms with Gasteiger partial charge < -0.3 is 15.4 Å². The van der Waals surface area contributed by atoms with Crippen LogP contribution in [-0.2, 0) is 0 Å². The third-order valence-corrected chi connectivity index (χ3v) is 4.88. The number of ether oxygens (including phenoxy) is 1. The molecule has 0 aromatic heterocycles. The fourth-order valence-electron chi connectivity index (χ4n) is 3.41. The van der Waals surface area contributed by atoms with E-state index in [1.807, 2.05) is 19.2 Å². The number of rotatable bonds is 7. The highest BCUT2D eigenvalue weighted by Gasteiger charge is 2.22. The molecular formula is C19H33IN4O. The van der Waals surface area contributed by atoms with Crippen molar-refractivity contribution in [2.45, 2.75) is 38.6 Å². The highest BCUT2D eigenvalue weighted by atomic mass is 127. The first-order valence-electron chi connectivity index (χ1n) is 9.01. The minimum atomic E-state index is 0. The number of hydrogen-bond acceptors (Lipinski definition) is 3. The van der Waals surface area contributed by atoms with Gasteiger partial charge in [-0.3, -0.25) is 9.89 Å². The zero-order valence-electron chi connectivity index (χ0n) is 15.9. The quantitative estimate of drug-likeness (QED) is 0.373. The van der Waals surface area contributed by atoms with Gasteiger partial charge in [0.1, 0.15) is 5.75 Å². The van der Waals surface area contributed by atoms with Gasteiger partial charge >= 0.3 is 0 Å². The maximum absolute atomic E-state index is 5.46. The maximum atomic E-state index is 5.46. The van der Waals surface area contributed by atoms with Crippen molar-refractivity contribution in [3.63, 3.8) is 0 Å². The minimum Gasteiger partial charge on any atom is -0.496 e. The van der Waals surface area contributed by atoms with Gasteiger partial charge in [-0.2, -0.15) is 0 Å². The number of likely N-dealkylation sites (tertiary alicyclic amines) is 1. The van der Waals surface area contributed by atoms with E-state index in [4.69, 9.17) is 4.74 Å². The number of likely N-dealkylation sites (N-methyl/N-ethyl adjacent to an activating group) is 1. The van der Waals surface area contributed by atoms with Gasteiger partial charge in [-0.1, -0.05) is 32.0 Å². The van der Waals surface area contributed by atoms with Crippen LogP contribution >= 0.6 is 24.0 Å². The molecule has 1 fully saturated rings. The second-order valence-corrected chi connectivity index (χ2v) is 6.40. The monoisotopic (exact) mass is 460 g/mol. The Balaban J connectivity index is 0.00000312. The molecule has 2 rings (SSSR count). The second-order valence-electron chi connectivity index (χ2n) is 6.40. The summed E-state index contributed by atoms with van der Waals surface area (Å²) in [5.74, 6) is 2.16. The normalized spacial score (nSPS) is 19.2. The van der Waals surface area contributed by atoms with Crippen molar-refractivity contribution >= 4 is 29.9 Å². The molecule has 5 nitrogen and oxygen atoms in total. The minimum absolute atomic E-state index is 0. The predicted octanol–water partition coefficient (Wildman–Crippen LogP) is 3.07. The van der Waals surface area contributed by atoms with Crippen molar-refractivity contribution in [3.05, 3.63) is 29.8 Å². The van der Waals surface area contributed by atoms with Gasteiger partial charge in [0.15, 0.2) is 5.96 Å². The number of methoxy groups -OCH3 is 1. The number of aliphatic imine (C=N–C) groups is 1. The van der Waals surface area contributed by atoms with Crippen LogP contribution in [0.5, 0.6) is 5.75 Å². The first kappa shape index (κ1) is 22.0. The molecular weight excluding hydrogens is 427 g/mol. The first-order chi connectivity index (χ1) is 11.7. The van der Waals surface area contributed by atoms with Gasteiger partial charge in [-0.15, -0.1) is 24.0 Å². The van der Waals surface area contributed by atoms with E-state index in [1.165, 1.54) is 24.9 Å². The average molecular weight is 460 g/mol. The molecule has 142 valence electrons. The number of nitrogens with zero attached hydrogens (tertiary/aromatic N) is 2. The molecule has 1 heterocycles. The predicted molar refractivity (Wildman–Crippen MR) is 116 cm³/mol. The van der Waals surface area contributed by atoms with Crippen LogP contribution in [0, 0.1) is 0 Å². The van der Waals surface area contributed by atoms with Crippen molar-refractivity contribution in [3.8, 4) is 5.75 Å². The molecule has 0 amide bonds. The first-order valence-corrected chi connectivity index (χ1v) is 9.01. The standard InChI is InChI=1S/C19H32N4O.HI/c1-5-23-12-8-9-16(23)14-22-19(20-3)21-13-15(2)17-10-6-7-11-18(17)24-4;/h6-7,10-11,15-16H,5,8-9,12-14H2,1-4H3,(H2,20,21,22);1H. The van der Waals surface area contributed by atoms with Gasteiger partial charge in [0.2, 0.25) is 0 Å². The largest absolute Gasteiger partial charge is 0.496 e. The lowest BCUT2D eigenvalue weighted by Crippen LogP contribution is -2.45. The van der Waals surface area contributed by atoms with Crippen molar-refractivity contribution < 1.29 is 4.74 Å². The summed E-state index contributed by atoms with van der Waals surface area (Å²) in [5, 5.41) is 6.92. The molecule has 1 aromatic carbocycles. The van der Waals surface area contributed by atoms with E-state index in [9.17, 15) is 0 Å². The van der Waals surface area contributed by atoms with E-state index in [0.29, 0.717) is 12.0 Å². The average Bonchev–Trinajstić information content (AvgIpc) is 3.09. The van der Waals surface area contributed by atoms with E-state index in [-0.39, 0.29) is 24.0 Å². The topological polar surface area (TPSA) is 48.9 Å². The molecule has 25 heavy (non-hydrogen) atoms. The van der Waals surface area contributed by atoms with E-state index in [2.05, 4.69) is 46.5 Å². The number of para-hydroxylation sites is 1. The van der Waals surface area contributed by atoms with Crippen molar-refractivity contribution in [2.24, 2.45) is 4.99 Å². The number of hydrogen-bond donors (Lipinski definition) is 2. The van der Waals surface area contributed by atoms with Gasteiger partial charge in [-0.05, 0) is 37.6 Å². The molecule has 0 saturated carbocycles. The van der Waals surface area contributed by atoms with Crippen molar-refractivity contribution in [1.82, 2.24) is 15.5 Å². The molecule has 1 saturated heterocycles. The molecule has 2 N–H and O–H groups in total. The van der Waals surface area contributed by atoms with E-state index in [0.717, 1.165) is 31.3 Å². The van der Waals surface area contributed by atoms with Gasteiger partial charge in [0.25, 0.3) is 0 Å². The third-order valence-electron chi connectivity index (χ3n) is 4.88. The lowest BCUT2D eigenvalue weighted by Gasteiger charge is -2.24. The number of guanidine groups is 1. The number of nitrogens with one attached hydrogen (secondary N) is 2. The van der Waals surface area contributed by atoms with Crippen LogP contribution in [0.25, 0.3) is 0 Å². The molecule has 2 atom stereocenters. The van der Waals surface area contributed by atoms with Gasteiger partial charge in [-0.25, -0.2) is 0 Å². The van der Waals surface area contributed by atoms with E-state index >= 15 is 0 Å². The van der Waals surface area contributed by atoms with Crippen molar-refractivity contribution in [1.29, 1.82) is 0 Å². The summed E-state index contributed by atoms with van der Waals surface area (Å²) < 4.78 is 5.46. The highest BCUT2D eigenvalue weighted by molar-refractivity contribution is 14.0. The Bertz CT molecular complexity index is 538. The van der Waals surface area contributed by atoms with Crippen LogP contribution in [0.15, 0.2) is 29.3 Å².